The maximum Gasteiger partial charge on any atom is 0.257 e. The van der Waals surface area contributed by atoms with Crippen molar-refractivity contribution in [1.82, 2.24) is 14.7 Å². The first-order valence-electron chi connectivity index (χ1n) is 10.1. The number of hydrogen-bond acceptors (Lipinski definition) is 3. The number of amides is 1. The molecule has 2 heterocycles. The number of aromatic nitrogens is 2. The van der Waals surface area contributed by atoms with Crippen molar-refractivity contribution in [3.63, 3.8) is 0 Å². The van der Waals surface area contributed by atoms with Gasteiger partial charge in [-0.25, -0.2) is 0 Å². The van der Waals surface area contributed by atoms with Gasteiger partial charge in [0, 0.05) is 12.2 Å². The van der Waals surface area contributed by atoms with Crippen LogP contribution in [-0.2, 0) is 6.42 Å². The molecular formula is C22H29N3O2. The van der Waals surface area contributed by atoms with E-state index in [1.807, 2.05) is 17.9 Å². The van der Waals surface area contributed by atoms with Crippen LogP contribution < -0.4 is 4.74 Å². The first-order chi connectivity index (χ1) is 13.1. The van der Waals surface area contributed by atoms with Crippen LogP contribution in [0.25, 0.3) is 0 Å². The summed E-state index contributed by atoms with van der Waals surface area (Å²) in [6.07, 6.45) is 8.82. The topological polar surface area (TPSA) is 47.4 Å². The van der Waals surface area contributed by atoms with Gasteiger partial charge in [-0.2, -0.15) is 5.10 Å². The second-order valence-corrected chi connectivity index (χ2v) is 7.87. The Bertz CT molecular complexity index is 836. The Hall–Kier alpha value is -2.30. The van der Waals surface area contributed by atoms with Gasteiger partial charge in [-0.3, -0.25) is 9.48 Å². The molecule has 1 fully saturated rings. The summed E-state index contributed by atoms with van der Waals surface area (Å²) in [4.78, 5) is 15.3. The zero-order valence-corrected chi connectivity index (χ0v) is 16.6. The molecule has 0 radical (unpaired) electrons. The maximum atomic E-state index is 13.3. The summed E-state index contributed by atoms with van der Waals surface area (Å²) < 4.78 is 7.44. The molecule has 1 aromatic heterocycles. The molecule has 2 aliphatic rings. The number of hydrogen-bond donors (Lipinski definition) is 0. The Morgan fingerprint density at radius 2 is 2.00 bits per heavy atom. The minimum absolute atomic E-state index is 0.0598. The van der Waals surface area contributed by atoms with Gasteiger partial charge < -0.3 is 9.64 Å². The van der Waals surface area contributed by atoms with Gasteiger partial charge in [-0.05, 0) is 56.4 Å². The number of fused-ring (bicyclic) bond motifs is 1. The van der Waals surface area contributed by atoms with Gasteiger partial charge in [0.2, 0.25) is 0 Å². The average molecular weight is 367 g/mol. The fourth-order valence-electron chi connectivity index (χ4n) is 4.69. The summed E-state index contributed by atoms with van der Waals surface area (Å²) in [6, 6.07) is 6.68. The molecule has 5 nitrogen and oxygen atoms in total. The number of carbonyl (C=O) groups excluding carboxylic acids is 1. The first-order valence-corrected chi connectivity index (χ1v) is 10.1. The van der Waals surface area contributed by atoms with Crippen LogP contribution >= 0.6 is 0 Å². The predicted octanol–water partition coefficient (Wildman–Crippen LogP) is 4.46. The summed E-state index contributed by atoms with van der Waals surface area (Å²) in [5.41, 5.74) is 4.26. The van der Waals surface area contributed by atoms with Crippen LogP contribution in [0.15, 0.2) is 24.4 Å². The summed E-state index contributed by atoms with van der Waals surface area (Å²) in [6.45, 7) is 4.89. The zero-order valence-electron chi connectivity index (χ0n) is 16.6. The van der Waals surface area contributed by atoms with Gasteiger partial charge in [0.15, 0.2) is 0 Å². The van der Waals surface area contributed by atoms with Crippen molar-refractivity contribution in [3.8, 4) is 5.75 Å². The molecule has 144 valence electrons. The standard InChI is InChI=1S/C22H29N3O2/c1-15-20-10-9-19(27-3)13-17(20)11-12-24(15)22(26)21-14-23-25(16(21)2)18-7-5-4-6-8-18/h9-10,13-15,18H,4-8,11-12H2,1-3H3. The molecule has 5 heteroatoms. The SMILES string of the molecule is COc1ccc2c(c1)CCN(C(=O)c1cnn(C3CCCCC3)c1C)C2C. The van der Waals surface area contributed by atoms with Gasteiger partial charge in [0.1, 0.15) is 5.75 Å². The highest BCUT2D eigenvalue weighted by molar-refractivity contribution is 5.95. The summed E-state index contributed by atoms with van der Waals surface area (Å²) in [5.74, 6) is 0.980. The molecule has 2 aromatic rings. The van der Waals surface area contributed by atoms with Gasteiger partial charge in [-0.1, -0.05) is 25.3 Å². The molecule has 0 saturated heterocycles. The molecule has 0 N–H and O–H groups in total. The van der Waals surface area contributed by atoms with Crippen molar-refractivity contribution in [1.29, 1.82) is 0 Å². The smallest absolute Gasteiger partial charge is 0.257 e. The lowest BCUT2D eigenvalue weighted by Gasteiger charge is -2.35. The fraction of sp³-hybridized carbons (Fsp3) is 0.545. The highest BCUT2D eigenvalue weighted by Gasteiger charge is 2.31. The van der Waals surface area contributed by atoms with Crippen LogP contribution in [-0.4, -0.2) is 34.2 Å². The molecule has 1 amide bonds. The van der Waals surface area contributed by atoms with Crippen molar-refractivity contribution >= 4 is 5.91 Å². The number of methoxy groups -OCH3 is 1. The third-order valence-electron chi connectivity index (χ3n) is 6.35. The summed E-state index contributed by atoms with van der Waals surface area (Å²) >= 11 is 0. The Balaban J connectivity index is 1.57. The van der Waals surface area contributed by atoms with E-state index < -0.39 is 0 Å². The molecule has 1 saturated carbocycles. The molecule has 1 aromatic carbocycles. The molecule has 27 heavy (non-hydrogen) atoms. The van der Waals surface area contributed by atoms with Gasteiger partial charge in [0.05, 0.1) is 31.0 Å². The normalized spacial score (nSPS) is 20.4. The monoisotopic (exact) mass is 367 g/mol. The van der Waals surface area contributed by atoms with E-state index in [1.54, 1.807) is 13.3 Å². The van der Waals surface area contributed by atoms with E-state index in [0.717, 1.165) is 30.0 Å². The Morgan fingerprint density at radius 3 is 2.74 bits per heavy atom. The van der Waals surface area contributed by atoms with Crippen molar-refractivity contribution in [3.05, 3.63) is 46.8 Å². The average Bonchev–Trinajstić information content (AvgIpc) is 3.09. The molecule has 1 unspecified atom stereocenters. The Kier molecular flexibility index (Phi) is 4.94. The lowest BCUT2D eigenvalue weighted by atomic mass is 9.92. The lowest BCUT2D eigenvalue weighted by molar-refractivity contribution is 0.0676. The van der Waals surface area contributed by atoms with E-state index in [0.29, 0.717) is 6.04 Å². The van der Waals surface area contributed by atoms with Crippen molar-refractivity contribution in [2.45, 2.75) is 64.5 Å². The maximum absolute atomic E-state index is 13.3. The van der Waals surface area contributed by atoms with Crippen molar-refractivity contribution in [2.24, 2.45) is 0 Å². The largest absolute Gasteiger partial charge is 0.497 e. The van der Waals surface area contributed by atoms with Crippen molar-refractivity contribution < 1.29 is 9.53 Å². The molecular weight excluding hydrogens is 338 g/mol. The molecule has 1 aliphatic carbocycles. The third kappa shape index (κ3) is 3.24. The van der Waals surface area contributed by atoms with E-state index in [1.165, 1.54) is 43.2 Å². The molecule has 4 rings (SSSR count). The van der Waals surface area contributed by atoms with Crippen LogP contribution in [0.4, 0.5) is 0 Å². The number of rotatable bonds is 3. The van der Waals surface area contributed by atoms with E-state index in [2.05, 4.69) is 28.8 Å². The number of nitrogens with zero attached hydrogens (tertiary/aromatic N) is 3. The van der Waals surface area contributed by atoms with Crippen molar-refractivity contribution in [2.75, 3.05) is 13.7 Å². The minimum atomic E-state index is 0.0598. The van der Waals surface area contributed by atoms with Gasteiger partial charge in [0.25, 0.3) is 5.91 Å². The van der Waals surface area contributed by atoms with Crippen LogP contribution in [0.2, 0.25) is 0 Å². The number of carbonyl (C=O) groups is 1. The Labute approximate surface area is 161 Å². The second kappa shape index (κ2) is 7.37. The van der Waals surface area contributed by atoms with Crippen LogP contribution in [0.5, 0.6) is 5.75 Å². The highest BCUT2D eigenvalue weighted by atomic mass is 16.5. The molecule has 1 atom stereocenters. The number of benzene rings is 1. The third-order valence-corrected chi connectivity index (χ3v) is 6.35. The van der Waals surface area contributed by atoms with E-state index >= 15 is 0 Å². The molecule has 0 spiro atoms. The first kappa shape index (κ1) is 18.1. The Morgan fingerprint density at radius 1 is 1.22 bits per heavy atom. The van der Waals surface area contributed by atoms with E-state index in [-0.39, 0.29) is 11.9 Å². The molecule has 1 aliphatic heterocycles. The summed E-state index contributed by atoms with van der Waals surface area (Å²) in [7, 11) is 1.69. The van der Waals surface area contributed by atoms with E-state index in [4.69, 9.17) is 4.74 Å². The lowest BCUT2D eigenvalue weighted by Crippen LogP contribution is -2.39. The van der Waals surface area contributed by atoms with Crippen LogP contribution in [0.3, 0.4) is 0 Å². The molecule has 0 bridgehead atoms. The second-order valence-electron chi connectivity index (χ2n) is 7.87. The zero-order chi connectivity index (χ0) is 19.0. The number of ether oxygens (including phenoxy) is 1. The van der Waals surface area contributed by atoms with Crippen LogP contribution in [0, 0.1) is 6.92 Å². The van der Waals surface area contributed by atoms with Gasteiger partial charge in [-0.15, -0.1) is 0 Å². The fourth-order valence-corrected chi connectivity index (χ4v) is 4.69. The van der Waals surface area contributed by atoms with E-state index in [9.17, 15) is 4.79 Å². The minimum Gasteiger partial charge on any atom is -0.497 e. The van der Waals surface area contributed by atoms with Gasteiger partial charge >= 0.3 is 0 Å². The quantitative estimate of drug-likeness (QED) is 0.804. The van der Waals surface area contributed by atoms with Crippen LogP contribution in [0.1, 0.15) is 78.3 Å². The summed E-state index contributed by atoms with van der Waals surface area (Å²) in [5, 5.41) is 4.60. The predicted molar refractivity (Wildman–Crippen MR) is 105 cm³/mol. The highest BCUT2D eigenvalue weighted by Crippen LogP contribution is 2.34.